The maximum Gasteiger partial charge on any atom is 0.406 e. The summed E-state index contributed by atoms with van der Waals surface area (Å²) >= 11 is 0. The summed E-state index contributed by atoms with van der Waals surface area (Å²) in [5, 5.41) is 8.58. The standard InChI is InChI=1S/C8H15F3N2O3/c1-16-6(4-12)7(15)13(2-3-14)5-8(9,10)11/h6,14H,2-5,12H2,1H3. The number of alkyl halides is 3. The Morgan fingerprint density at radius 1 is 1.56 bits per heavy atom. The number of halogens is 3. The van der Waals surface area contributed by atoms with Gasteiger partial charge in [0.15, 0.2) is 0 Å². The van der Waals surface area contributed by atoms with Gasteiger partial charge in [-0.3, -0.25) is 4.79 Å². The van der Waals surface area contributed by atoms with E-state index in [-0.39, 0.29) is 6.54 Å². The molecule has 0 bridgehead atoms. The van der Waals surface area contributed by atoms with E-state index < -0.39 is 37.9 Å². The number of aliphatic hydroxyl groups excluding tert-OH is 1. The number of nitrogens with zero attached hydrogens (tertiary/aromatic N) is 1. The van der Waals surface area contributed by atoms with Crippen molar-refractivity contribution in [1.82, 2.24) is 4.90 Å². The zero-order valence-corrected chi connectivity index (χ0v) is 8.83. The maximum atomic E-state index is 12.1. The van der Waals surface area contributed by atoms with Crippen molar-refractivity contribution in [2.24, 2.45) is 5.73 Å². The van der Waals surface area contributed by atoms with Crippen LogP contribution in [0.25, 0.3) is 0 Å². The lowest BCUT2D eigenvalue weighted by Gasteiger charge is -2.26. The van der Waals surface area contributed by atoms with E-state index in [1.807, 2.05) is 0 Å². The van der Waals surface area contributed by atoms with Gasteiger partial charge in [0.25, 0.3) is 5.91 Å². The van der Waals surface area contributed by atoms with Gasteiger partial charge in [0.05, 0.1) is 6.61 Å². The summed E-state index contributed by atoms with van der Waals surface area (Å²) < 4.78 is 41.0. The van der Waals surface area contributed by atoms with Crippen LogP contribution in [0.2, 0.25) is 0 Å². The molecule has 5 nitrogen and oxygen atoms in total. The number of ether oxygens (including phenoxy) is 1. The quantitative estimate of drug-likeness (QED) is 0.650. The van der Waals surface area contributed by atoms with Crippen molar-refractivity contribution in [3.05, 3.63) is 0 Å². The third-order valence-electron chi connectivity index (χ3n) is 1.83. The van der Waals surface area contributed by atoms with Gasteiger partial charge in [-0.2, -0.15) is 13.2 Å². The van der Waals surface area contributed by atoms with Crippen LogP contribution in [0.3, 0.4) is 0 Å². The fourth-order valence-electron chi connectivity index (χ4n) is 1.11. The van der Waals surface area contributed by atoms with Crippen LogP contribution in [-0.2, 0) is 9.53 Å². The first-order chi connectivity index (χ1) is 7.35. The lowest BCUT2D eigenvalue weighted by Crippen LogP contribution is -2.48. The first kappa shape index (κ1) is 15.1. The molecule has 0 aromatic rings. The van der Waals surface area contributed by atoms with Crippen LogP contribution in [0.15, 0.2) is 0 Å². The van der Waals surface area contributed by atoms with E-state index in [2.05, 4.69) is 4.74 Å². The number of carbonyl (C=O) groups is 1. The molecule has 0 saturated carbocycles. The number of nitrogens with two attached hydrogens (primary N) is 1. The topological polar surface area (TPSA) is 75.8 Å². The van der Waals surface area contributed by atoms with Crippen LogP contribution in [-0.4, -0.2) is 61.5 Å². The highest BCUT2D eigenvalue weighted by Crippen LogP contribution is 2.17. The Balaban J connectivity index is 4.57. The first-order valence-electron chi connectivity index (χ1n) is 4.55. The summed E-state index contributed by atoms with van der Waals surface area (Å²) in [7, 11) is 1.18. The van der Waals surface area contributed by atoms with Crippen LogP contribution in [0.1, 0.15) is 0 Å². The molecule has 8 heteroatoms. The van der Waals surface area contributed by atoms with Crippen LogP contribution >= 0.6 is 0 Å². The van der Waals surface area contributed by atoms with Crippen molar-refractivity contribution in [2.75, 3.05) is 33.4 Å². The average Bonchev–Trinajstić information content (AvgIpc) is 2.17. The number of hydrogen-bond acceptors (Lipinski definition) is 4. The number of hydrogen-bond donors (Lipinski definition) is 2. The molecule has 0 fully saturated rings. The molecule has 1 amide bonds. The van der Waals surface area contributed by atoms with E-state index >= 15 is 0 Å². The minimum absolute atomic E-state index is 0.213. The average molecular weight is 244 g/mol. The third kappa shape index (κ3) is 5.29. The highest BCUT2D eigenvalue weighted by Gasteiger charge is 2.34. The number of carbonyl (C=O) groups excluding carboxylic acids is 1. The Morgan fingerprint density at radius 2 is 2.12 bits per heavy atom. The molecule has 96 valence electrons. The van der Waals surface area contributed by atoms with E-state index in [1.165, 1.54) is 7.11 Å². The van der Waals surface area contributed by atoms with Crippen molar-refractivity contribution in [3.8, 4) is 0 Å². The van der Waals surface area contributed by atoms with Crippen molar-refractivity contribution in [3.63, 3.8) is 0 Å². The summed E-state index contributed by atoms with van der Waals surface area (Å²) in [5.74, 6) is -0.878. The summed E-state index contributed by atoms with van der Waals surface area (Å²) in [5.41, 5.74) is 5.17. The van der Waals surface area contributed by atoms with Gasteiger partial charge in [-0.05, 0) is 0 Å². The highest BCUT2D eigenvalue weighted by molar-refractivity contribution is 5.81. The van der Waals surface area contributed by atoms with Gasteiger partial charge in [-0.25, -0.2) is 0 Å². The Morgan fingerprint density at radius 3 is 2.44 bits per heavy atom. The van der Waals surface area contributed by atoms with Crippen LogP contribution < -0.4 is 5.73 Å². The van der Waals surface area contributed by atoms with Gasteiger partial charge in [0.2, 0.25) is 0 Å². The molecule has 1 atom stereocenters. The lowest BCUT2D eigenvalue weighted by atomic mass is 10.3. The molecule has 0 spiro atoms. The zero-order chi connectivity index (χ0) is 12.8. The van der Waals surface area contributed by atoms with Crippen molar-refractivity contribution >= 4 is 5.91 Å². The Labute approximate surface area is 91.0 Å². The van der Waals surface area contributed by atoms with Crippen molar-refractivity contribution < 1.29 is 27.8 Å². The predicted molar refractivity (Wildman–Crippen MR) is 49.6 cm³/mol. The Kier molecular flexibility index (Phi) is 6.31. The van der Waals surface area contributed by atoms with E-state index in [0.29, 0.717) is 4.90 Å². The normalized spacial score (nSPS) is 13.6. The molecule has 1 unspecified atom stereocenters. The van der Waals surface area contributed by atoms with Gasteiger partial charge >= 0.3 is 6.18 Å². The molecule has 0 aromatic heterocycles. The van der Waals surface area contributed by atoms with Gasteiger partial charge in [0, 0.05) is 20.2 Å². The first-order valence-corrected chi connectivity index (χ1v) is 4.55. The molecule has 0 saturated heterocycles. The molecule has 3 N–H and O–H groups in total. The number of amides is 1. The fourth-order valence-corrected chi connectivity index (χ4v) is 1.11. The largest absolute Gasteiger partial charge is 0.406 e. The minimum Gasteiger partial charge on any atom is -0.395 e. The SMILES string of the molecule is COC(CN)C(=O)N(CCO)CC(F)(F)F. The Hall–Kier alpha value is -0.860. The molecular weight excluding hydrogens is 229 g/mol. The maximum absolute atomic E-state index is 12.1. The van der Waals surface area contributed by atoms with Gasteiger partial charge in [-0.1, -0.05) is 0 Å². The second-order valence-electron chi connectivity index (χ2n) is 3.06. The second kappa shape index (κ2) is 6.66. The lowest BCUT2D eigenvalue weighted by molar-refractivity contribution is -0.167. The zero-order valence-electron chi connectivity index (χ0n) is 8.83. The molecule has 0 aliphatic carbocycles. The molecule has 0 aromatic carbocycles. The van der Waals surface area contributed by atoms with Crippen LogP contribution in [0, 0.1) is 0 Å². The number of aliphatic hydroxyl groups is 1. The van der Waals surface area contributed by atoms with E-state index in [0.717, 1.165) is 0 Å². The smallest absolute Gasteiger partial charge is 0.395 e. The summed E-state index contributed by atoms with van der Waals surface area (Å²) in [6.45, 7) is -2.59. The van der Waals surface area contributed by atoms with Gasteiger partial charge in [-0.15, -0.1) is 0 Å². The molecule has 0 heterocycles. The van der Waals surface area contributed by atoms with E-state index in [4.69, 9.17) is 10.8 Å². The van der Waals surface area contributed by atoms with Crippen LogP contribution in [0.4, 0.5) is 13.2 Å². The molecular formula is C8H15F3N2O3. The molecule has 0 rings (SSSR count). The van der Waals surface area contributed by atoms with Crippen molar-refractivity contribution in [2.45, 2.75) is 12.3 Å². The van der Waals surface area contributed by atoms with Gasteiger partial charge in [0.1, 0.15) is 12.6 Å². The van der Waals surface area contributed by atoms with Crippen LogP contribution in [0.5, 0.6) is 0 Å². The fraction of sp³-hybridized carbons (Fsp3) is 0.875. The van der Waals surface area contributed by atoms with Gasteiger partial charge < -0.3 is 20.5 Å². The summed E-state index contributed by atoms with van der Waals surface area (Å²) in [4.78, 5) is 12.0. The molecule has 0 radical (unpaired) electrons. The summed E-state index contributed by atoms with van der Waals surface area (Å²) in [6, 6.07) is 0. The third-order valence-corrected chi connectivity index (χ3v) is 1.83. The highest BCUT2D eigenvalue weighted by atomic mass is 19.4. The molecule has 0 aliphatic rings. The number of methoxy groups -OCH3 is 1. The summed E-state index contributed by atoms with van der Waals surface area (Å²) in [6.07, 6.45) is -5.63. The minimum atomic E-state index is -4.52. The second-order valence-corrected chi connectivity index (χ2v) is 3.06. The van der Waals surface area contributed by atoms with E-state index in [1.54, 1.807) is 0 Å². The Bertz CT molecular complexity index is 219. The molecule has 0 aliphatic heterocycles. The van der Waals surface area contributed by atoms with E-state index in [9.17, 15) is 18.0 Å². The number of rotatable bonds is 6. The monoisotopic (exact) mass is 244 g/mol. The predicted octanol–water partition coefficient (Wildman–Crippen LogP) is -0.657. The van der Waals surface area contributed by atoms with Crippen molar-refractivity contribution in [1.29, 1.82) is 0 Å². The molecule has 16 heavy (non-hydrogen) atoms.